The van der Waals surface area contributed by atoms with E-state index in [0.29, 0.717) is 21.8 Å². The summed E-state index contributed by atoms with van der Waals surface area (Å²) in [6.45, 7) is 3.21. The monoisotopic (exact) mass is 407 g/mol. The number of hydrogen-bond donors (Lipinski definition) is 1. The molecule has 0 bridgehead atoms. The summed E-state index contributed by atoms with van der Waals surface area (Å²) in [6.07, 6.45) is 0. The van der Waals surface area contributed by atoms with Gasteiger partial charge in [0.1, 0.15) is 23.1 Å². The van der Waals surface area contributed by atoms with Crippen LogP contribution >= 0.6 is 11.6 Å². The minimum atomic E-state index is -0.602. The van der Waals surface area contributed by atoms with E-state index in [1.807, 2.05) is 18.2 Å². The van der Waals surface area contributed by atoms with Crippen LogP contribution in [0.15, 0.2) is 54.6 Å². The summed E-state index contributed by atoms with van der Waals surface area (Å²) in [6, 6.07) is 17.9. The Morgan fingerprint density at radius 2 is 1.79 bits per heavy atom. The molecule has 0 saturated heterocycles. The molecule has 0 aliphatic rings. The van der Waals surface area contributed by atoms with Gasteiger partial charge in [-0.1, -0.05) is 41.9 Å². The number of anilines is 1. The van der Waals surface area contributed by atoms with Gasteiger partial charge in [-0.2, -0.15) is 5.26 Å². The van der Waals surface area contributed by atoms with Gasteiger partial charge in [0, 0.05) is 23.2 Å². The Morgan fingerprint density at radius 3 is 2.34 bits per heavy atom. The number of carbonyl (C=O) groups is 2. The molecule has 6 nitrogen and oxygen atoms in total. The van der Waals surface area contributed by atoms with Crippen LogP contribution in [0.1, 0.15) is 29.9 Å². The number of benzene rings is 2. The van der Waals surface area contributed by atoms with Crippen LogP contribution < -0.4 is 5.32 Å². The first-order chi connectivity index (χ1) is 14.0. The summed E-state index contributed by atoms with van der Waals surface area (Å²) >= 11 is 6.01. The summed E-state index contributed by atoms with van der Waals surface area (Å²) in [5, 5.41) is 13.1. The molecule has 2 aromatic carbocycles. The smallest absolute Gasteiger partial charge is 0.356 e. The quantitative estimate of drug-likeness (QED) is 0.615. The molecule has 0 saturated carbocycles. The maximum Gasteiger partial charge on any atom is 0.356 e. The number of rotatable bonds is 5. The van der Waals surface area contributed by atoms with Gasteiger partial charge in [0.15, 0.2) is 0 Å². The van der Waals surface area contributed by atoms with E-state index < -0.39 is 5.97 Å². The van der Waals surface area contributed by atoms with E-state index in [2.05, 4.69) is 11.4 Å². The van der Waals surface area contributed by atoms with Crippen LogP contribution in [-0.2, 0) is 9.53 Å². The lowest BCUT2D eigenvalue weighted by molar-refractivity contribution is -0.114. The SMILES string of the molecule is CCOC(=O)c1c(-c2ccccc2)c(C#N)c(NC(C)=O)n1-c1ccc(Cl)cc1. The fraction of sp³-hybridized carbons (Fsp3) is 0.136. The van der Waals surface area contributed by atoms with Crippen molar-refractivity contribution >= 4 is 29.3 Å². The van der Waals surface area contributed by atoms with Crippen molar-refractivity contribution < 1.29 is 14.3 Å². The van der Waals surface area contributed by atoms with Crippen LogP contribution in [0.2, 0.25) is 5.02 Å². The first kappa shape index (κ1) is 20.2. The van der Waals surface area contributed by atoms with Crippen LogP contribution in [0.5, 0.6) is 0 Å². The number of nitrogens with zero attached hydrogens (tertiary/aromatic N) is 2. The van der Waals surface area contributed by atoms with Gasteiger partial charge in [0.25, 0.3) is 0 Å². The van der Waals surface area contributed by atoms with Crippen molar-refractivity contribution in [2.75, 3.05) is 11.9 Å². The summed E-state index contributed by atoms with van der Waals surface area (Å²) in [4.78, 5) is 24.9. The van der Waals surface area contributed by atoms with Crippen LogP contribution in [-0.4, -0.2) is 23.1 Å². The zero-order chi connectivity index (χ0) is 21.0. The molecule has 0 aliphatic heterocycles. The summed E-state index contributed by atoms with van der Waals surface area (Å²) in [5.41, 5.74) is 1.93. The molecule has 146 valence electrons. The largest absolute Gasteiger partial charge is 0.461 e. The normalized spacial score (nSPS) is 10.3. The first-order valence-corrected chi connectivity index (χ1v) is 9.30. The number of amides is 1. The maximum atomic E-state index is 13.0. The molecule has 3 rings (SSSR count). The van der Waals surface area contributed by atoms with Gasteiger partial charge in [-0.15, -0.1) is 0 Å². The highest BCUT2D eigenvalue weighted by Gasteiger charge is 2.30. The summed E-state index contributed by atoms with van der Waals surface area (Å²) in [7, 11) is 0. The lowest BCUT2D eigenvalue weighted by Crippen LogP contribution is -2.16. The van der Waals surface area contributed by atoms with Crippen LogP contribution in [0.25, 0.3) is 16.8 Å². The van der Waals surface area contributed by atoms with Crippen molar-refractivity contribution in [2.45, 2.75) is 13.8 Å². The van der Waals surface area contributed by atoms with E-state index in [1.165, 1.54) is 11.5 Å². The summed E-state index contributed by atoms with van der Waals surface area (Å²) in [5.74, 6) is -0.775. The molecule has 0 unspecified atom stereocenters. The van der Waals surface area contributed by atoms with Crippen LogP contribution in [0.3, 0.4) is 0 Å². The van der Waals surface area contributed by atoms with Crippen molar-refractivity contribution in [1.82, 2.24) is 4.57 Å². The fourth-order valence-electron chi connectivity index (χ4n) is 3.09. The van der Waals surface area contributed by atoms with E-state index >= 15 is 0 Å². The van der Waals surface area contributed by atoms with E-state index in [-0.39, 0.29) is 29.6 Å². The number of carbonyl (C=O) groups excluding carboxylic acids is 2. The van der Waals surface area contributed by atoms with Crippen molar-refractivity contribution in [3.05, 3.63) is 70.9 Å². The number of nitrogens with one attached hydrogen (secondary N) is 1. The van der Waals surface area contributed by atoms with Crippen molar-refractivity contribution in [2.24, 2.45) is 0 Å². The predicted octanol–water partition coefficient (Wildman–Crippen LogP) is 4.80. The minimum Gasteiger partial charge on any atom is -0.461 e. The predicted molar refractivity (Wildman–Crippen MR) is 111 cm³/mol. The highest BCUT2D eigenvalue weighted by Crippen LogP contribution is 2.38. The molecule has 29 heavy (non-hydrogen) atoms. The molecule has 0 spiro atoms. The fourth-order valence-corrected chi connectivity index (χ4v) is 3.22. The van der Waals surface area contributed by atoms with Gasteiger partial charge >= 0.3 is 5.97 Å². The topological polar surface area (TPSA) is 84.1 Å². The second kappa shape index (κ2) is 8.63. The molecular formula is C22H18ClN3O3. The number of hydrogen-bond acceptors (Lipinski definition) is 4. The van der Waals surface area contributed by atoms with E-state index in [4.69, 9.17) is 16.3 Å². The van der Waals surface area contributed by atoms with Crippen LogP contribution in [0, 0.1) is 11.3 Å². The van der Waals surface area contributed by atoms with E-state index in [1.54, 1.807) is 43.3 Å². The second-order valence-corrected chi connectivity index (χ2v) is 6.57. The number of esters is 1. The summed E-state index contributed by atoms with van der Waals surface area (Å²) < 4.78 is 6.81. The molecule has 7 heteroatoms. The van der Waals surface area contributed by atoms with Gasteiger partial charge in [-0.3, -0.25) is 9.36 Å². The third-order valence-electron chi connectivity index (χ3n) is 4.19. The zero-order valence-corrected chi connectivity index (χ0v) is 16.7. The third-order valence-corrected chi connectivity index (χ3v) is 4.45. The highest BCUT2D eigenvalue weighted by molar-refractivity contribution is 6.30. The van der Waals surface area contributed by atoms with Gasteiger partial charge in [0.05, 0.1) is 6.61 Å². The standard InChI is InChI=1S/C22H18ClN3O3/c1-3-29-22(28)20-19(15-7-5-4-6-8-15)18(13-24)21(25-14(2)27)26(20)17-11-9-16(23)10-12-17/h4-12H,3H2,1-2H3,(H,25,27). The number of nitriles is 1. The van der Waals surface area contributed by atoms with Crippen molar-refractivity contribution in [1.29, 1.82) is 5.26 Å². The van der Waals surface area contributed by atoms with E-state index in [9.17, 15) is 14.9 Å². The average Bonchev–Trinajstić information content (AvgIpc) is 3.03. The van der Waals surface area contributed by atoms with E-state index in [0.717, 1.165) is 0 Å². The first-order valence-electron chi connectivity index (χ1n) is 8.92. The molecular weight excluding hydrogens is 390 g/mol. The maximum absolute atomic E-state index is 13.0. The Morgan fingerprint density at radius 1 is 1.14 bits per heavy atom. The molecule has 3 aromatic rings. The van der Waals surface area contributed by atoms with Gasteiger partial charge < -0.3 is 10.1 Å². The Balaban J connectivity index is 2.44. The Hall–Kier alpha value is -3.56. The highest BCUT2D eigenvalue weighted by atomic mass is 35.5. The molecule has 1 amide bonds. The van der Waals surface area contributed by atoms with Crippen molar-refractivity contribution in [3.63, 3.8) is 0 Å². The second-order valence-electron chi connectivity index (χ2n) is 6.14. The average molecular weight is 408 g/mol. The molecule has 0 atom stereocenters. The van der Waals surface area contributed by atoms with Gasteiger partial charge in [0.2, 0.25) is 5.91 Å². The van der Waals surface area contributed by atoms with Gasteiger partial charge in [-0.25, -0.2) is 4.79 Å². The molecule has 1 aromatic heterocycles. The number of halogens is 1. The number of aromatic nitrogens is 1. The molecule has 1 N–H and O–H groups in total. The minimum absolute atomic E-state index is 0.153. The Kier molecular flexibility index (Phi) is 6.01. The van der Waals surface area contributed by atoms with Gasteiger partial charge in [-0.05, 0) is 36.8 Å². The Bertz CT molecular complexity index is 1100. The molecule has 0 radical (unpaired) electrons. The van der Waals surface area contributed by atoms with Crippen LogP contribution in [0.4, 0.5) is 5.82 Å². The lowest BCUT2D eigenvalue weighted by atomic mass is 10.0. The lowest BCUT2D eigenvalue weighted by Gasteiger charge is -2.14. The Labute approximate surface area is 173 Å². The molecule has 1 heterocycles. The number of ether oxygens (including phenoxy) is 1. The zero-order valence-electron chi connectivity index (χ0n) is 15.9. The molecule has 0 aliphatic carbocycles. The molecule has 0 fully saturated rings. The third kappa shape index (κ3) is 4.00. The van der Waals surface area contributed by atoms with Crippen molar-refractivity contribution in [3.8, 4) is 22.9 Å².